The van der Waals surface area contributed by atoms with Crippen molar-refractivity contribution in [1.82, 2.24) is 10.0 Å². The summed E-state index contributed by atoms with van der Waals surface area (Å²) in [6, 6.07) is 7.60. The van der Waals surface area contributed by atoms with Crippen LogP contribution in [0, 0.1) is 0 Å². The van der Waals surface area contributed by atoms with E-state index in [9.17, 15) is 8.42 Å². The lowest BCUT2D eigenvalue weighted by molar-refractivity contribution is 0.193. The van der Waals surface area contributed by atoms with Gasteiger partial charge in [0, 0.05) is 26.8 Å². The fraction of sp³-hybridized carbons (Fsp3) is 0.571. The van der Waals surface area contributed by atoms with Gasteiger partial charge < -0.3 is 10.1 Å². The fourth-order valence-electron chi connectivity index (χ4n) is 1.83. The maximum atomic E-state index is 11.9. The molecule has 0 spiro atoms. The second-order valence-electron chi connectivity index (χ2n) is 4.70. The molecule has 0 saturated heterocycles. The number of nitrogens with one attached hydrogen (secondary N) is 2. The largest absolute Gasteiger partial charge is 0.385 e. The number of rotatable bonds is 10. The molecule has 1 rings (SSSR count). The van der Waals surface area contributed by atoms with E-state index < -0.39 is 10.0 Å². The number of hydrogen-bond donors (Lipinski definition) is 2. The Bertz CT molecular complexity index is 472. The highest BCUT2D eigenvalue weighted by molar-refractivity contribution is 7.88. The third kappa shape index (κ3) is 7.00. The predicted molar refractivity (Wildman–Crippen MR) is 80.9 cm³/mol. The summed E-state index contributed by atoms with van der Waals surface area (Å²) in [6.45, 7) is 1.91. The first-order valence-electron chi connectivity index (χ1n) is 6.76. The molecular weight excluding hydrogens is 276 g/mol. The van der Waals surface area contributed by atoms with Gasteiger partial charge in [0.2, 0.25) is 10.0 Å². The van der Waals surface area contributed by atoms with Gasteiger partial charge in [-0.15, -0.1) is 0 Å². The quantitative estimate of drug-likeness (QED) is 0.638. The van der Waals surface area contributed by atoms with E-state index in [-0.39, 0.29) is 5.75 Å². The lowest BCUT2D eigenvalue weighted by Gasteiger charge is -2.07. The van der Waals surface area contributed by atoms with Crippen LogP contribution < -0.4 is 10.0 Å². The number of unbranched alkanes of at least 4 members (excludes halogenated alkanes) is 1. The molecule has 0 unspecified atom stereocenters. The molecule has 0 bridgehead atoms. The molecular formula is C14H24N2O3S. The zero-order chi connectivity index (χ0) is 14.8. The minimum absolute atomic E-state index is 0.0249. The van der Waals surface area contributed by atoms with Crippen LogP contribution in [-0.4, -0.2) is 35.7 Å². The Morgan fingerprint density at radius 1 is 1.10 bits per heavy atom. The van der Waals surface area contributed by atoms with Crippen molar-refractivity contribution in [3.63, 3.8) is 0 Å². The smallest absolute Gasteiger partial charge is 0.215 e. The van der Waals surface area contributed by atoms with Gasteiger partial charge in [-0.05, 0) is 31.0 Å². The molecule has 114 valence electrons. The molecule has 1 aromatic rings. The van der Waals surface area contributed by atoms with E-state index in [4.69, 9.17) is 4.74 Å². The maximum Gasteiger partial charge on any atom is 0.215 e. The summed E-state index contributed by atoms with van der Waals surface area (Å²) >= 11 is 0. The van der Waals surface area contributed by atoms with E-state index in [1.54, 1.807) is 7.11 Å². The summed E-state index contributed by atoms with van der Waals surface area (Å²) in [7, 11) is 0.268. The van der Waals surface area contributed by atoms with Crippen molar-refractivity contribution in [2.24, 2.45) is 0 Å². The van der Waals surface area contributed by atoms with Crippen molar-refractivity contribution < 1.29 is 13.2 Å². The van der Waals surface area contributed by atoms with Crippen LogP contribution in [0.2, 0.25) is 0 Å². The van der Waals surface area contributed by atoms with Crippen LogP contribution in [0.1, 0.15) is 24.0 Å². The molecule has 0 atom stereocenters. The van der Waals surface area contributed by atoms with Crippen LogP contribution in [0.3, 0.4) is 0 Å². The number of sulfonamides is 1. The molecule has 0 aliphatic rings. The zero-order valence-electron chi connectivity index (χ0n) is 12.2. The van der Waals surface area contributed by atoms with E-state index in [0.29, 0.717) is 13.2 Å². The van der Waals surface area contributed by atoms with Crippen LogP contribution in [0.15, 0.2) is 24.3 Å². The Morgan fingerprint density at radius 3 is 2.35 bits per heavy atom. The topological polar surface area (TPSA) is 67.4 Å². The van der Waals surface area contributed by atoms with Crippen molar-refractivity contribution in [3.05, 3.63) is 35.4 Å². The van der Waals surface area contributed by atoms with Gasteiger partial charge in [0.1, 0.15) is 0 Å². The molecule has 20 heavy (non-hydrogen) atoms. The molecule has 5 nitrogen and oxygen atoms in total. The van der Waals surface area contributed by atoms with Crippen molar-refractivity contribution in [3.8, 4) is 0 Å². The minimum Gasteiger partial charge on any atom is -0.385 e. The lowest BCUT2D eigenvalue weighted by atomic mass is 10.1. The molecule has 0 heterocycles. The summed E-state index contributed by atoms with van der Waals surface area (Å²) in [6.07, 6.45) is 1.64. The second-order valence-corrected chi connectivity index (χ2v) is 6.51. The van der Waals surface area contributed by atoms with Gasteiger partial charge in [-0.3, -0.25) is 0 Å². The number of benzene rings is 1. The normalized spacial score (nSPS) is 11.7. The molecule has 0 saturated carbocycles. The SMILES string of the molecule is CNCc1ccc(CS(=O)(=O)NCCCCOC)cc1. The summed E-state index contributed by atoms with van der Waals surface area (Å²) in [5.74, 6) is 0.0249. The van der Waals surface area contributed by atoms with Gasteiger partial charge in [0.05, 0.1) is 5.75 Å². The van der Waals surface area contributed by atoms with Crippen molar-refractivity contribution >= 4 is 10.0 Å². The van der Waals surface area contributed by atoms with E-state index >= 15 is 0 Å². The fourth-order valence-corrected chi connectivity index (χ4v) is 3.02. The molecule has 0 aliphatic carbocycles. The first-order chi connectivity index (χ1) is 9.57. The maximum absolute atomic E-state index is 11.9. The van der Waals surface area contributed by atoms with Gasteiger partial charge in [0.15, 0.2) is 0 Å². The summed E-state index contributed by atoms with van der Waals surface area (Å²) < 4.78 is 31.3. The minimum atomic E-state index is -3.25. The summed E-state index contributed by atoms with van der Waals surface area (Å²) in [4.78, 5) is 0. The monoisotopic (exact) mass is 300 g/mol. The van der Waals surface area contributed by atoms with Gasteiger partial charge in [-0.1, -0.05) is 24.3 Å². The second kappa shape index (κ2) is 9.07. The number of methoxy groups -OCH3 is 1. The van der Waals surface area contributed by atoms with Crippen molar-refractivity contribution in [2.75, 3.05) is 27.3 Å². The van der Waals surface area contributed by atoms with E-state index in [0.717, 1.165) is 30.5 Å². The third-order valence-corrected chi connectivity index (χ3v) is 4.22. The van der Waals surface area contributed by atoms with E-state index in [1.165, 1.54) is 0 Å². The molecule has 0 aliphatic heterocycles. The number of hydrogen-bond acceptors (Lipinski definition) is 4. The molecule has 2 N–H and O–H groups in total. The Hall–Kier alpha value is -0.950. The molecule has 6 heteroatoms. The highest BCUT2D eigenvalue weighted by atomic mass is 32.2. The molecule has 1 aromatic carbocycles. The average molecular weight is 300 g/mol. The van der Waals surface area contributed by atoms with Gasteiger partial charge >= 0.3 is 0 Å². The first kappa shape index (κ1) is 17.1. The summed E-state index contributed by atoms with van der Waals surface area (Å²) in [5, 5.41) is 3.06. The van der Waals surface area contributed by atoms with E-state index in [1.807, 2.05) is 31.3 Å². The molecule has 0 amide bonds. The standard InChI is InChI=1S/C14H24N2O3S/c1-15-11-13-5-7-14(8-6-13)12-20(17,18)16-9-3-4-10-19-2/h5-8,15-16H,3-4,9-12H2,1-2H3. The molecule has 0 aromatic heterocycles. The van der Waals surface area contributed by atoms with Gasteiger partial charge in [0.25, 0.3) is 0 Å². The zero-order valence-corrected chi connectivity index (χ0v) is 13.0. The highest BCUT2D eigenvalue weighted by Gasteiger charge is 2.10. The van der Waals surface area contributed by atoms with Crippen LogP contribution in [0.5, 0.6) is 0 Å². The van der Waals surface area contributed by atoms with Crippen LogP contribution in [0.25, 0.3) is 0 Å². The Kier molecular flexibility index (Phi) is 7.76. The van der Waals surface area contributed by atoms with E-state index in [2.05, 4.69) is 10.0 Å². The molecule has 0 radical (unpaired) electrons. The highest BCUT2D eigenvalue weighted by Crippen LogP contribution is 2.08. The first-order valence-corrected chi connectivity index (χ1v) is 8.41. The van der Waals surface area contributed by atoms with Crippen LogP contribution >= 0.6 is 0 Å². The van der Waals surface area contributed by atoms with Crippen LogP contribution in [-0.2, 0) is 27.1 Å². The average Bonchev–Trinajstić information content (AvgIpc) is 2.41. The Labute approximate surface area is 121 Å². The Balaban J connectivity index is 2.41. The van der Waals surface area contributed by atoms with Crippen molar-refractivity contribution in [1.29, 1.82) is 0 Å². The number of ether oxygens (including phenoxy) is 1. The Morgan fingerprint density at radius 2 is 1.75 bits per heavy atom. The predicted octanol–water partition coefficient (Wildman–Crippen LogP) is 1.25. The van der Waals surface area contributed by atoms with Gasteiger partial charge in [-0.25, -0.2) is 13.1 Å². The third-order valence-electron chi connectivity index (χ3n) is 2.86. The molecule has 0 fully saturated rings. The lowest BCUT2D eigenvalue weighted by Crippen LogP contribution is -2.26. The van der Waals surface area contributed by atoms with Gasteiger partial charge in [-0.2, -0.15) is 0 Å². The summed E-state index contributed by atoms with van der Waals surface area (Å²) in [5.41, 5.74) is 1.94. The van der Waals surface area contributed by atoms with Crippen LogP contribution in [0.4, 0.5) is 0 Å². The van der Waals surface area contributed by atoms with Crippen molar-refractivity contribution in [2.45, 2.75) is 25.1 Å².